The summed E-state index contributed by atoms with van der Waals surface area (Å²) in [6.45, 7) is 2.54. The average molecular weight is 356 g/mol. The van der Waals surface area contributed by atoms with E-state index in [2.05, 4.69) is 20.8 Å². The van der Waals surface area contributed by atoms with Crippen LogP contribution in [0.5, 0.6) is 0 Å². The van der Waals surface area contributed by atoms with Crippen LogP contribution >= 0.6 is 11.8 Å². The highest BCUT2D eigenvalue weighted by Gasteiger charge is 2.29. The standard InChI is InChI=1S/C18H20N4O2S/c1-12-2-4-13(5-3-12)10-19-16(23)11-25-17-9-8-15(21-22-17)20-18(24)14-6-7-14/h2-5,8-9,14H,6-7,10-11H2,1H3,(H,19,23)(H,20,21,24). The number of aromatic nitrogens is 2. The highest BCUT2D eigenvalue weighted by Crippen LogP contribution is 2.29. The molecule has 2 aromatic rings. The number of nitrogens with one attached hydrogen (secondary N) is 2. The lowest BCUT2D eigenvalue weighted by atomic mass is 10.1. The highest BCUT2D eigenvalue weighted by atomic mass is 32.2. The van der Waals surface area contributed by atoms with E-state index in [1.54, 1.807) is 12.1 Å². The number of nitrogens with zero attached hydrogens (tertiary/aromatic N) is 2. The van der Waals surface area contributed by atoms with E-state index in [1.807, 2.05) is 31.2 Å². The fourth-order valence-corrected chi connectivity index (χ4v) is 2.78. The van der Waals surface area contributed by atoms with Crippen LogP contribution in [-0.2, 0) is 16.1 Å². The predicted octanol–water partition coefficient (Wildman–Crippen LogP) is 2.54. The summed E-state index contributed by atoms with van der Waals surface area (Å²) in [5.41, 5.74) is 2.26. The van der Waals surface area contributed by atoms with Gasteiger partial charge in [-0.2, -0.15) is 0 Å². The van der Waals surface area contributed by atoms with Crippen LogP contribution in [0.2, 0.25) is 0 Å². The SMILES string of the molecule is Cc1ccc(CNC(=O)CSc2ccc(NC(=O)C3CC3)nn2)cc1. The van der Waals surface area contributed by atoms with Gasteiger partial charge in [0.2, 0.25) is 11.8 Å². The van der Waals surface area contributed by atoms with Gasteiger partial charge in [0.15, 0.2) is 5.82 Å². The second kappa shape index (κ2) is 8.11. The molecule has 7 heteroatoms. The van der Waals surface area contributed by atoms with Gasteiger partial charge in [0.25, 0.3) is 0 Å². The van der Waals surface area contributed by atoms with Gasteiger partial charge in [-0.1, -0.05) is 41.6 Å². The number of hydrogen-bond acceptors (Lipinski definition) is 5. The van der Waals surface area contributed by atoms with Crippen molar-refractivity contribution in [1.29, 1.82) is 0 Å². The Labute approximate surface area is 150 Å². The largest absolute Gasteiger partial charge is 0.351 e. The number of carbonyl (C=O) groups excluding carboxylic acids is 2. The second-order valence-corrected chi connectivity index (χ2v) is 7.07. The number of hydrogen-bond donors (Lipinski definition) is 2. The topological polar surface area (TPSA) is 84.0 Å². The van der Waals surface area contributed by atoms with E-state index in [0.717, 1.165) is 18.4 Å². The summed E-state index contributed by atoms with van der Waals surface area (Å²) in [7, 11) is 0. The Bertz CT molecular complexity index is 743. The van der Waals surface area contributed by atoms with Gasteiger partial charge in [-0.05, 0) is 37.5 Å². The number of benzene rings is 1. The van der Waals surface area contributed by atoms with Gasteiger partial charge in [-0.15, -0.1) is 10.2 Å². The van der Waals surface area contributed by atoms with Crippen molar-refractivity contribution >= 4 is 29.4 Å². The molecule has 1 aromatic carbocycles. The van der Waals surface area contributed by atoms with Crippen molar-refractivity contribution in [2.75, 3.05) is 11.1 Å². The molecule has 0 spiro atoms. The van der Waals surface area contributed by atoms with E-state index in [-0.39, 0.29) is 23.5 Å². The van der Waals surface area contributed by atoms with Crippen LogP contribution in [0.4, 0.5) is 5.82 Å². The molecular weight excluding hydrogens is 336 g/mol. The molecule has 3 rings (SSSR count). The van der Waals surface area contributed by atoms with Crippen molar-refractivity contribution in [2.45, 2.75) is 31.3 Å². The summed E-state index contributed by atoms with van der Waals surface area (Å²) in [4.78, 5) is 23.6. The van der Waals surface area contributed by atoms with Crippen molar-refractivity contribution in [3.63, 3.8) is 0 Å². The minimum absolute atomic E-state index is 0.00480. The zero-order valence-electron chi connectivity index (χ0n) is 14.0. The van der Waals surface area contributed by atoms with E-state index in [9.17, 15) is 9.59 Å². The Morgan fingerprint density at radius 2 is 1.88 bits per heavy atom. The molecule has 0 atom stereocenters. The molecule has 0 unspecified atom stereocenters. The third kappa shape index (κ3) is 5.56. The Morgan fingerprint density at radius 1 is 1.12 bits per heavy atom. The van der Waals surface area contributed by atoms with Gasteiger partial charge < -0.3 is 10.6 Å². The fourth-order valence-electron chi connectivity index (χ4n) is 2.13. The molecule has 0 saturated heterocycles. The molecule has 1 aliphatic carbocycles. The molecule has 0 radical (unpaired) electrons. The number of carbonyl (C=O) groups is 2. The van der Waals surface area contributed by atoms with Crippen molar-refractivity contribution in [3.05, 3.63) is 47.5 Å². The number of aryl methyl sites for hydroxylation is 1. The van der Waals surface area contributed by atoms with E-state index in [4.69, 9.17) is 0 Å². The fraction of sp³-hybridized carbons (Fsp3) is 0.333. The number of thioether (sulfide) groups is 1. The van der Waals surface area contributed by atoms with Crippen LogP contribution in [-0.4, -0.2) is 27.8 Å². The molecule has 130 valence electrons. The van der Waals surface area contributed by atoms with Crippen LogP contribution in [0.15, 0.2) is 41.4 Å². The maximum Gasteiger partial charge on any atom is 0.230 e. The second-order valence-electron chi connectivity index (χ2n) is 6.07. The van der Waals surface area contributed by atoms with Crippen LogP contribution in [0.25, 0.3) is 0 Å². The minimum atomic E-state index is -0.0570. The Balaban J connectivity index is 1.40. The van der Waals surface area contributed by atoms with E-state index in [1.165, 1.54) is 17.3 Å². The molecule has 2 amide bonds. The summed E-state index contributed by atoms with van der Waals surface area (Å²) >= 11 is 1.31. The Morgan fingerprint density at radius 3 is 2.52 bits per heavy atom. The van der Waals surface area contributed by atoms with Crippen LogP contribution < -0.4 is 10.6 Å². The molecular formula is C18H20N4O2S. The molecule has 0 bridgehead atoms. The zero-order chi connectivity index (χ0) is 17.6. The molecule has 6 nitrogen and oxygen atoms in total. The lowest BCUT2D eigenvalue weighted by Gasteiger charge is -2.06. The van der Waals surface area contributed by atoms with E-state index in [0.29, 0.717) is 17.4 Å². The van der Waals surface area contributed by atoms with Crippen LogP contribution in [0.1, 0.15) is 24.0 Å². The summed E-state index contributed by atoms with van der Waals surface area (Å²) in [6, 6.07) is 11.5. The summed E-state index contributed by atoms with van der Waals surface area (Å²) in [5, 5.41) is 14.3. The van der Waals surface area contributed by atoms with Gasteiger partial charge in [-0.3, -0.25) is 9.59 Å². The highest BCUT2D eigenvalue weighted by molar-refractivity contribution is 7.99. The molecule has 1 saturated carbocycles. The molecule has 1 aliphatic rings. The van der Waals surface area contributed by atoms with E-state index < -0.39 is 0 Å². The third-order valence-corrected chi connectivity index (χ3v) is 4.72. The van der Waals surface area contributed by atoms with Crippen molar-refractivity contribution < 1.29 is 9.59 Å². The summed E-state index contributed by atoms with van der Waals surface area (Å²) in [5.74, 6) is 0.802. The maximum atomic E-state index is 11.9. The monoisotopic (exact) mass is 356 g/mol. The first-order chi connectivity index (χ1) is 12.1. The smallest absolute Gasteiger partial charge is 0.230 e. The Kier molecular flexibility index (Phi) is 5.65. The van der Waals surface area contributed by atoms with Crippen molar-refractivity contribution in [2.24, 2.45) is 5.92 Å². The maximum absolute atomic E-state index is 11.9. The van der Waals surface area contributed by atoms with Gasteiger partial charge >= 0.3 is 0 Å². The molecule has 1 fully saturated rings. The summed E-state index contributed by atoms with van der Waals surface area (Å²) < 4.78 is 0. The van der Waals surface area contributed by atoms with Gasteiger partial charge in [-0.25, -0.2) is 0 Å². The van der Waals surface area contributed by atoms with Gasteiger partial charge in [0, 0.05) is 12.5 Å². The number of amides is 2. The first-order valence-corrected chi connectivity index (χ1v) is 9.18. The average Bonchev–Trinajstić information content (AvgIpc) is 3.46. The molecule has 1 aromatic heterocycles. The lowest BCUT2D eigenvalue weighted by molar-refractivity contribution is -0.119. The molecule has 1 heterocycles. The Hall–Kier alpha value is -2.41. The first-order valence-electron chi connectivity index (χ1n) is 8.20. The van der Waals surface area contributed by atoms with Crippen LogP contribution in [0.3, 0.4) is 0 Å². The summed E-state index contributed by atoms with van der Waals surface area (Å²) in [6.07, 6.45) is 1.90. The molecule has 2 N–H and O–H groups in total. The quantitative estimate of drug-likeness (QED) is 0.745. The van der Waals surface area contributed by atoms with Crippen LogP contribution in [0, 0.1) is 12.8 Å². The lowest BCUT2D eigenvalue weighted by Crippen LogP contribution is -2.24. The molecule has 25 heavy (non-hydrogen) atoms. The predicted molar refractivity (Wildman–Crippen MR) is 97.1 cm³/mol. The normalized spacial score (nSPS) is 13.3. The first kappa shape index (κ1) is 17.4. The number of anilines is 1. The van der Waals surface area contributed by atoms with Crippen molar-refractivity contribution in [3.8, 4) is 0 Å². The van der Waals surface area contributed by atoms with Gasteiger partial charge in [0.1, 0.15) is 5.03 Å². The zero-order valence-corrected chi connectivity index (χ0v) is 14.8. The third-order valence-electron chi connectivity index (χ3n) is 3.80. The number of rotatable bonds is 7. The molecule has 0 aliphatic heterocycles. The van der Waals surface area contributed by atoms with E-state index >= 15 is 0 Å². The van der Waals surface area contributed by atoms with Gasteiger partial charge in [0.05, 0.1) is 5.75 Å². The van der Waals surface area contributed by atoms with Crippen molar-refractivity contribution in [1.82, 2.24) is 15.5 Å². The minimum Gasteiger partial charge on any atom is -0.351 e.